The third-order valence-corrected chi connectivity index (χ3v) is 4.01. The highest BCUT2D eigenvalue weighted by molar-refractivity contribution is 5.78. The van der Waals surface area contributed by atoms with Crippen molar-refractivity contribution in [1.29, 1.82) is 0 Å². The van der Waals surface area contributed by atoms with Crippen molar-refractivity contribution in [2.45, 2.75) is 31.7 Å². The number of likely N-dealkylation sites (tertiary alicyclic amines) is 1. The first kappa shape index (κ1) is 16.0. The SMILES string of the molecule is COCCCNC(=O)CN1CCCC1Cc1ccccc1. The molecule has 1 aromatic rings. The monoisotopic (exact) mass is 290 g/mol. The van der Waals surface area contributed by atoms with E-state index in [2.05, 4.69) is 34.5 Å². The van der Waals surface area contributed by atoms with Crippen LogP contribution in [0.5, 0.6) is 0 Å². The van der Waals surface area contributed by atoms with Gasteiger partial charge in [0.1, 0.15) is 0 Å². The highest BCUT2D eigenvalue weighted by Crippen LogP contribution is 2.20. The van der Waals surface area contributed by atoms with Crippen LogP contribution in [0.25, 0.3) is 0 Å². The fourth-order valence-corrected chi connectivity index (χ4v) is 2.91. The van der Waals surface area contributed by atoms with Crippen molar-refractivity contribution in [2.75, 3.05) is 33.4 Å². The fraction of sp³-hybridized carbons (Fsp3) is 0.588. The van der Waals surface area contributed by atoms with E-state index >= 15 is 0 Å². The zero-order chi connectivity index (χ0) is 14.9. The van der Waals surface area contributed by atoms with Crippen molar-refractivity contribution in [2.24, 2.45) is 0 Å². The Morgan fingerprint density at radius 1 is 1.38 bits per heavy atom. The Morgan fingerprint density at radius 2 is 2.19 bits per heavy atom. The number of carbonyl (C=O) groups is 1. The lowest BCUT2D eigenvalue weighted by atomic mass is 10.0. The summed E-state index contributed by atoms with van der Waals surface area (Å²) in [6.07, 6.45) is 4.29. The molecular formula is C17H26N2O2. The Kier molecular flexibility index (Phi) is 6.70. The molecule has 0 spiro atoms. The number of ether oxygens (including phenoxy) is 1. The van der Waals surface area contributed by atoms with E-state index in [0.717, 1.165) is 19.4 Å². The number of methoxy groups -OCH3 is 1. The quantitative estimate of drug-likeness (QED) is 0.743. The van der Waals surface area contributed by atoms with Gasteiger partial charge in [0.05, 0.1) is 6.54 Å². The van der Waals surface area contributed by atoms with Gasteiger partial charge in [-0.2, -0.15) is 0 Å². The molecule has 1 amide bonds. The van der Waals surface area contributed by atoms with Crippen LogP contribution < -0.4 is 5.32 Å². The second-order valence-electron chi connectivity index (χ2n) is 5.65. The minimum atomic E-state index is 0.131. The molecule has 0 bridgehead atoms. The molecule has 1 N–H and O–H groups in total. The summed E-state index contributed by atoms with van der Waals surface area (Å²) < 4.78 is 4.98. The molecule has 4 nitrogen and oxygen atoms in total. The third kappa shape index (κ3) is 5.48. The van der Waals surface area contributed by atoms with Crippen LogP contribution in [0.15, 0.2) is 30.3 Å². The number of hydrogen-bond acceptors (Lipinski definition) is 3. The maximum atomic E-state index is 12.0. The molecule has 1 atom stereocenters. The van der Waals surface area contributed by atoms with E-state index in [1.165, 1.54) is 18.4 Å². The van der Waals surface area contributed by atoms with Crippen molar-refractivity contribution >= 4 is 5.91 Å². The second kappa shape index (κ2) is 8.80. The largest absolute Gasteiger partial charge is 0.385 e. The molecule has 0 saturated carbocycles. The maximum Gasteiger partial charge on any atom is 0.234 e. The second-order valence-corrected chi connectivity index (χ2v) is 5.65. The van der Waals surface area contributed by atoms with Gasteiger partial charge in [-0.05, 0) is 37.8 Å². The first-order valence-electron chi connectivity index (χ1n) is 7.83. The predicted molar refractivity (Wildman–Crippen MR) is 84.2 cm³/mol. The molecule has 1 aliphatic heterocycles. The minimum absolute atomic E-state index is 0.131. The summed E-state index contributed by atoms with van der Waals surface area (Å²) in [5, 5.41) is 2.97. The lowest BCUT2D eigenvalue weighted by Crippen LogP contribution is -2.41. The van der Waals surface area contributed by atoms with Crippen LogP contribution in [-0.2, 0) is 16.0 Å². The van der Waals surface area contributed by atoms with Crippen LogP contribution in [0, 0.1) is 0 Å². The molecule has 0 radical (unpaired) electrons. The molecule has 4 heteroatoms. The smallest absolute Gasteiger partial charge is 0.234 e. The fourth-order valence-electron chi connectivity index (χ4n) is 2.91. The van der Waals surface area contributed by atoms with E-state index in [0.29, 0.717) is 25.7 Å². The summed E-state index contributed by atoms with van der Waals surface area (Å²) >= 11 is 0. The van der Waals surface area contributed by atoms with Gasteiger partial charge in [-0.15, -0.1) is 0 Å². The number of hydrogen-bond donors (Lipinski definition) is 1. The van der Waals surface area contributed by atoms with Gasteiger partial charge in [-0.25, -0.2) is 0 Å². The van der Waals surface area contributed by atoms with Gasteiger partial charge >= 0.3 is 0 Å². The van der Waals surface area contributed by atoms with Gasteiger partial charge in [0.2, 0.25) is 5.91 Å². The van der Waals surface area contributed by atoms with Crippen molar-refractivity contribution in [3.8, 4) is 0 Å². The lowest BCUT2D eigenvalue weighted by molar-refractivity contribution is -0.122. The average molecular weight is 290 g/mol. The number of carbonyl (C=O) groups excluding carboxylic acids is 1. The topological polar surface area (TPSA) is 41.6 Å². The molecule has 1 saturated heterocycles. The van der Waals surface area contributed by atoms with Gasteiger partial charge in [-0.3, -0.25) is 9.69 Å². The molecule has 0 aliphatic carbocycles. The molecule has 1 heterocycles. The normalized spacial score (nSPS) is 18.8. The van der Waals surface area contributed by atoms with E-state index in [-0.39, 0.29) is 5.91 Å². The van der Waals surface area contributed by atoms with E-state index in [9.17, 15) is 4.79 Å². The van der Waals surface area contributed by atoms with Crippen molar-refractivity contribution in [3.05, 3.63) is 35.9 Å². The number of amides is 1. The van der Waals surface area contributed by atoms with Gasteiger partial charge < -0.3 is 10.1 Å². The van der Waals surface area contributed by atoms with Gasteiger partial charge in [-0.1, -0.05) is 30.3 Å². The summed E-state index contributed by atoms with van der Waals surface area (Å²) in [5.41, 5.74) is 1.36. The lowest BCUT2D eigenvalue weighted by Gasteiger charge is -2.24. The highest BCUT2D eigenvalue weighted by Gasteiger charge is 2.26. The van der Waals surface area contributed by atoms with Gasteiger partial charge in [0.25, 0.3) is 0 Å². The van der Waals surface area contributed by atoms with E-state index < -0.39 is 0 Å². The Balaban J connectivity index is 1.75. The molecule has 116 valence electrons. The predicted octanol–water partition coefficient (Wildman–Crippen LogP) is 1.85. The molecular weight excluding hydrogens is 264 g/mol. The third-order valence-electron chi connectivity index (χ3n) is 4.01. The number of benzene rings is 1. The van der Waals surface area contributed by atoms with E-state index in [1.54, 1.807) is 7.11 Å². The van der Waals surface area contributed by atoms with Crippen LogP contribution in [0.4, 0.5) is 0 Å². The van der Waals surface area contributed by atoms with Crippen LogP contribution in [-0.4, -0.2) is 50.2 Å². The number of rotatable bonds is 8. The van der Waals surface area contributed by atoms with Crippen molar-refractivity contribution < 1.29 is 9.53 Å². The van der Waals surface area contributed by atoms with Crippen LogP contribution in [0.1, 0.15) is 24.8 Å². The Morgan fingerprint density at radius 3 is 2.95 bits per heavy atom. The average Bonchev–Trinajstić information content (AvgIpc) is 2.92. The summed E-state index contributed by atoms with van der Waals surface area (Å²) in [4.78, 5) is 14.3. The zero-order valence-corrected chi connectivity index (χ0v) is 12.9. The zero-order valence-electron chi connectivity index (χ0n) is 12.9. The summed E-state index contributed by atoms with van der Waals surface area (Å²) in [6.45, 7) is 2.94. The summed E-state index contributed by atoms with van der Waals surface area (Å²) in [5.74, 6) is 0.131. The minimum Gasteiger partial charge on any atom is -0.385 e. The summed E-state index contributed by atoms with van der Waals surface area (Å²) in [6, 6.07) is 11.0. The summed E-state index contributed by atoms with van der Waals surface area (Å²) in [7, 11) is 1.68. The molecule has 1 aliphatic rings. The van der Waals surface area contributed by atoms with Crippen LogP contribution in [0.2, 0.25) is 0 Å². The first-order valence-corrected chi connectivity index (χ1v) is 7.83. The van der Waals surface area contributed by atoms with Gasteiger partial charge in [0, 0.05) is 26.3 Å². The van der Waals surface area contributed by atoms with Gasteiger partial charge in [0.15, 0.2) is 0 Å². The first-order chi connectivity index (χ1) is 10.3. The molecule has 21 heavy (non-hydrogen) atoms. The highest BCUT2D eigenvalue weighted by atomic mass is 16.5. The van der Waals surface area contributed by atoms with Crippen LogP contribution >= 0.6 is 0 Å². The Bertz CT molecular complexity index is 422. The maximum absolute atomic E-state index is 12.0. The standard InChI is InChI=1S/C17H26N2O2/c1-21-12-6-10-18-17(20)14-19-11-5-9-16(19)13-15-7-3-2-4-8-15/h2-4,7-8,16H,5-6,9-14H2,1H3,(H,18,20). The number of nitrogens with one attached hydrogen (secondary N) is 1. The van der Waals surface area contributed by atoms with Crippen molar-refractivity contribution in [3.63, 3.8) is 0 Å². The number of nitrogens with zero attached hydrogens (tertiary/aromatic N) is 1. The molecule has 0 aromatic heterocycles. The Labute approximate surface area is 127 Å². The van der Waals surface area contributed by atoms with Crippen LogP contribution in [0.3, 0.4) is 0 Å². The van der Waals surface area contributed by atoms with E-state index in [1.807, 2.05) is 6.07 Å². The molecule has 1 fully saturated rings. The molecule has 2 rings (SSSR count). The molecule has 1 unspecified atom stereocenters. The van der Waals surface area contributed by atoms with E-state index in [4.69, 9.17) is 4.74 Å². The Hall–Kier alpha value is -1.39. The molecule has 1 aromatic carbocycles. The van der Waals surface area contributed by atoms with Crippen molar-refractivity contribution in [1.82, 2.24) is 10.2 Å².